The van der Waals surface area contributed by atoms with E-state index in [1.807, 2.05) is 0 Å². The summed E-state index contributed by atoms with van der Waals surface area (Å²) in [7, 11) is 0. The molecule has 0 bridgehead atoms. The van der Waals surface area contributed by atoms with E-state index in [1.165, 1.54) is 231 Å². The molecule has 0 aromatic rings. The molecule has 0 aromatic carbocycles. The minimum atomic E-state index is -0.910. The van der Waals surface area contributed by atoms with E-state index in [0.717, 1.165) is 170 Å². The molecular weight excluding hydrogens is 1120 g/mol. The summed E-state index contributed by atoms with van der Waals surface area (Å²) in [4.78, 5) is 29.4. The molecule has 1 saturated heterocycles. The molecule has 10 heteroatoms. The first kappa shape index (κ1) is 79.4. The number of carbonyl (C=O) groups is 2. The van der Waals surface area contributed by atoms with Crippen molar-refractivity contribution in [3.8, 4) is 0 Å². The van der Waals surface area contributed by atoms with Crippen molar-refractivity contribution in [1.29, 1.82) is 0 Å². The summed E-state index contributed by atoms with van der Waals surface area (Å²) in [5, 5.41) is 30.2. The fourth-order valence-corrected chi connectivity index (χ4v) is 17.5. The third-order valence-electron chi connectivity index (χ3n) is 23.4. The molecule has 90 heavy (non-hydrogen) atoms. The Morgan fingerprint density at radius 1 is 0.389 bits per heavy atom. The predicted octanol–water partition coefficient (Wildman–Crippen LogP) is 21.1. The minimum Gasteiger partial charge on any atom is -0.462 e. The van der Waals surface area contributed by atoms with Crippen LogP contribution >= 0.6 is 0 Å². The Morgan fingerprint density at radius 2 is 0.689 bits per heavy atom. The topological polar surface area (TPSA) is 135 Å². The second-order valence-corrected chi connectivity index (χ2v) is 31.1. The van der Waals surface area contributed by atoms with Gasteiger partial charge in [0.2, 0.25) is 0 Å². The predicted molar refractivity (Wildman–Crippen MR) is 374 cm³/mol. The molecule has 5 rings (SSSR count). The number of esters is 2. The molecule has 4 atom stereocenters. The monoisotopic (exact) mass is 1270 g/mol. The number of aliphatic hydroxyl groups is 3. The molecule has 0 radical (unpaired) electrons. The van der Waals surface area contributed by atoms with Gasteiger partial charge in [-0.05, 0) is 157 Å². The smallest absolute Gasteiger partial charge is 0.306 e. The zero-order chi connectivity index (χ0) is 64.1. The van der Waals surface area contributed by atoms with Gasteiger partial charge in [-0.25, -0.2) is 0 Å². The van der Waals surface area contributed by atoms with E-state index >= 15 is 0 Å². The van der Waals surface area contributed by atoms with Gasteiger partial charge in [-0.1, -0.05) is 272 Å². The maximum atomic E-state index is 13.4. The Balaban J connectivity index is 0.986. The summed E-state index contributed by atoms with van der Waals surface area (Å²) in [6.45, 7) is 12.6. The van der Waals surface area contributed by atoms with Gasteiger partial charge in [0.15, 0.2) is 6.29 Å². The second kappa shape index (κ2) is 51.0. The molecule has 5 fully saturated rings. The van der Waals surface area contributed by atoms with Crippen molar-refractivity contribution in [2.24, 2.45) is 47.3 Å². The normalized spacial score (nSPS) is 27.4. The van der Waals surface area contributed by atoms with Crippen LogP contribution in [0.5, 0.6) is 0 Å². The van der Waals surface area contributed by atoms with Crippen molar-refractivity contribution in [2.75, 3.05) is 32.8 Å². The van der Waals surface area contributed by atoms with E-state index in [9.17, 15) is 24.9 Å². The molecule has 3 N–H and O–H groups in total. The second-order valence-electron chi connectivity index (χ2n) is 31.1. The SMILES string of the molecule is CCCC1CCC(CCCCC(CCCCC2CCC(CCC)CC2)OC(=O)CCCCCCCN(CCCCCCCC(=O)OC(CCCCC2CCC(CCC)CC2)CCCCC2CCC(CCC)CC2)CCCCOC2O[C@H](CO)C(O)C[C@@H]2O)CC1. The van der Waals surface area contributed by atoms with Gasteiger partial charge in [0.1, 0.15) is 24.4 Å². The number of rotatable bonds is 53. The Bertz CT molecular complexity index is 1520. The summed E-state index contributed by atoms with van der Waals surface area (Å²) in [6, 6.07) is 0. The zero-order valence-corrected chi connectivity index (χ0v) is 59.7. The summed E-state index contributed by atoms with van der Waals surface area (Å²) in [5.41, 5.74) is 0. The first-order valence-corrected chi connectivity index (χ1v) is 40.4. The van der Waals surface area contributed by atoms with E-state index < -0.39 is 24.6 Å². The third-order valence-corrected chi connectivity index (χ3v) is 23.4. The number of nitrogens with zero attached hydrogens (tertiary/aromatic N) is 1. The number of aliphatic hydroxyl groups excluding tert-OH is 3. The maximum Gasteiger partial charge on any atom is 0.306 e. The molecule has 0 amide bonds. The van der Waals surface area contributed by atoms with E-state index in [1.54, 1.807) is 0 Å². The Morgan fingerprint density at radius 3 is 1.01 bits per heavy atom. The molecule has 1 heterocycles. The fraction of sp³-hybridized carbons (Fsp3) is 0.975. The van der Waals surface area contributed by atoms with Crippen LogP contribution in [-0.4, -0.2) is 102 Å². The highest BCUT2D eigenvalue weighted by molar-refractivity contribution is 5.69. The van der Waals surface area contributed by atoms with Gasteiger partial charge in [0.25, 0.3) is 0 Å². The molecular formula is C80H149NO9. The van der Waals surface area contributed by atoms with Crippen LogP contribution < -0.4 is 0 Å². The lowest BCUT2D eigenvalue weighted by molar-refractivity contribution is -0.270. The van der Waals surface area contributed by atoms with Crippen LogP contribution in [-0.2, 0) is 28.5 Å². The maximum absolute atomic E-state index is 13.4. The van der Waals surface area contributed by atoms with Crippen molar-refractivity contribution in [1.82, 2.24) is 4.90 Å². The first-order chi connectivity index (χ1) is 44.1. The molecule has 0 aromatic heterocycles. The number of hydrogen-bond acceptors (Lipinski definition) is 10. The minimum absolute atomic E-state index is 0.0268. The van der Waals surface area contributed by atoms with Crippen molar-refractivity contribution in [3.63, 3.8) is 0 Å². The molecule has 528 valence electrons. The van der Waals surface area contributed by atoms with Gasteiger partial charge < -0.3 is 39.2 Å². The van der Waals surface area contributed by atoms with Crippen LogP contribution in [0.1, 0.15) is 381 Å². The third kappa shape index (κ3) is 36.2. The molecule has 5 aliphatic rings. The van der Waals surface area contributed by atoms with Gasteiger partial charge >= 0.3 is 11.9 Å². The van der Waals surface area contributed by atoms with E-state index in [0.29, 0.717) is 19.4 Å². The number of hydrogen-bond donors (Lipinski definition) is 3. The molecule has 4 aliphatic carbocycles. The summed E-state index contributed by atoms with van der Waals surface area (Å²) >= 11 is 0. The number of carbonyl (C=O) groups excluding carboxylic acids is 2. The Hall–Kier alpha value is -1.30. The average Bonchev–Trinajstić information content (AvgIpc) is 3.44. The van der Waals surface area contributed by atoms with Gasteiger partial charge in [0.05, 0.1) is 12.7 Å². The van der Waals surface area contributed by atoms with Crippen molar-refractivity contribution in [3.05, 3.63) is 0 Å². The van der Waals surface area contributed by atoms with Crippen molar-refractivity contribution in [2.45, 2.75) is 418 Å². The van der Waals surface area contributed by atoms with Crippen molar-refractivity contribution < 1.29 is 43.9 Å². The number of ether oxygens (including phenoxy) is 4. The van der Waals surface area contributed by atoms with Crippen LogP contribution in [0, 0.1) is 47.3 Å². The quantitative estimate of drug-likeness (QED) is 0.0399. The molecule has 2 unspecified atom stereocenters. The molecule has 10 nitrogen and oxygen atoms in total. The van der Waals surface area contributed by atoms with E-state index in [2.05, 4.69) is 32.6 Å². The highest BCUT2D eigenvalue weighted by Gasteiger charge is 2.36. The summed E-state index contributed by atoms with van der Waals surface area (Å²) in [6.07, 6.45) is 63.9. The van der Waals surface area contributed by atoms with Gasteiger partial charge in [-0.15, -0.1) is 0 Å². The summed E-state index contributed by atoms with van der Waals surface area (Å²) in [5.74, 6) is 7.56. The van der Waals surface area contributed by atoms with Crippen LogP contribution in [0.2, 0.25) is 0 Å². The largest absolute Gasteiger partial charge is 0.462 e. The van der Waals surface area contributed by atoms with Crippen LogP contribution in [0.25, 0.3) is 0 Å². The molecule has 1 aliphatic heterocycles. The van der Waals surface area contributed by atoms with Crippen molar-refractivity contribution >= 4 is 11.9 Å². The van der Waals surface area contributed by atoms with Gasteiger partial charge in [-0.2, -0.15) is 0 Å². The van der Waals surface area contributed by atoms with Crippen LogP contribution in [0.3, 0.4) is 0 Å². The number of unbranched alkanes of at least 4 members (excludes halogenated alkanes) is 13. The average molecular weight is 1270 g/mol. The summed E-state index contributed by atoms with van der Waals surface area (Å²) < 4.78 is 24.3. The Labute approximate surface area is 555 Å². The lowest BCUT2D eigenvalue weighted by Gasteiger charge is -2.36. The first-order valence-electron chi connectivity index (χ1n) is 40.4. The molecule has 4 saturated carbocycles. The lowest BCUT2D eigenvalue weighted by Crippen LogP contribution is -2.49. The van der Waals surface area contributed by atoms with E-state index in [-0.39, 0.29) is 37.2 Å². The van der Waals surface area contributed by atoms with Crippen LogP contribution in [0.15, 0.2) is 0 Å². The highest BCUT2D eigenvalue weighted by Crippen LogP contribution is 2.38. The van der Waals surface area contributed by atoms with E-state index in [4.69, 9.17) is 18.9 Å². The molecule has 0 spiro atoms. The fourth-order valence-electron chi connectivity index (χ4n) is 17.5. The lowest BCUT2D eigenvalue weighted by atomic mass is 9.78. The zero-order valence-electron chi connectivity index (χ0n) is 59.7. The van der Waals surface area contributed by atoms with Crippen LogP contribution in [0.4, 0.5) is 0 Å². The Kier molecular flexibility index (Phi) is 45.0. The van der Waals surface area contributed by atoms with Gasteiger partial charge in [0, 0.05) is 25.9 Å². The standard InChI is InChI=1S/C80H149NO9/c1-5-29-65-43-51-69(52-44-65)33-17-21-37-73(38-22-18-34-70-53-45-66(30-6-2)46-54-70)88-78(85)41-15-11-9-13-25-59-81(61-27-28-62-87-80-76(84)63-75(83)77(64-82)90-80)60-26-14-10-12-16-42-79(86)89-74(39-23-19-35-71-55-47-67(31-7-3)48-56-71)40-24-20-36-72-57-49-68(32-8-4)50-58-72/h65-77,80,82-84H,5-64H2,1-4H3/t65?,66?,67?,68?,69?,70?,71?,72?,73?,74?,75?,76-,77+,80?/m0/s1. The van der Waals surface area contributed by atoms with Gasteiger partial charge in [-0.3, -0.25) is 9.59 Å². The highest BCUT2D eigenvalue weighted by atomic mass is 16.7.